The Kier molecular flexibility index (Phi) is 6.26. The van der Waals surface area contributed by atoms with E-state index in [0.29, 0.717) is 5.92 Å². The maximum Gasteiger partial charge on any atom is 0.257 e. The van der Waals surface area contributed by atoms with Gasteiger partial charge in [0.15, 0.2) is 6.61 Å². The lowest BCUT2D eigenvalue weighted by Crippen LogP contribution is -2.41. The van der Waals surface area contributed by atoms with Crippen molar-refractivity contribution < 1.29 is 9.53 Å². The van der Waals surface area contributed by atoms with Gasteiger partial charge in [-0.15, -0.1) is 11.3 Å². The van der Waals surface area contributed by atoms with Gasteiger partial charge in [-0.1, -0.05) is 24.3 Å². The van der Waals surface area contributed by atoms with Crippen LogP contribution >= 0.6 is 11.3 Å². The Morgan fingerprint density at radius 1 is 1.25 bits per heavy atom. The summed E-state index contributed by atoms with van der Waals surface area (Å²) in [6.07, 6.45) is 2.38. The molecule has 1 fully saturated rings. The Hall–Kier alpha value is -1.85. The molecule has 0 spiro atoms. The number of hydrogen-bond acceptors (Lipinski definition) is 4. The molecule has 5 heteroatoms. The van der Waals surface area contributed by atoms with Crippen LogP contribution in [0.2, 0.25) is 0 Å². The second-order valence-corrected chi connectivity index (χ2v) is 7.26. The smallest absolute Gasteiger partial charge is 0.257 e. The summed E-state index contributed by atoms with van der Waals surface area (Å²) in [5.74, 6) is 1.21. The summed E-state index contributed by atoms with van der Waals surface area (Å²) in [5, 5.41) is 5.14. The highest BCUT2D eigenvalue weighted by atomic mass is 32.1. The van der Waals surface area contributed by atoms with Crippen LogP contribution in [0.3, 0.4) is 0 Å². The predicted molar refractivity (Wildman–Crippen MR) is 97.3 cm³/mol. The van der Waals surface area contributed by atoms with Crippen molar-refractivity contribution in [1.29, 1.82) is 0 Å². The molecule has 128 valence electrons. The number of likely N-dealkylation sites (tertiary alicyclic amines) is 1. The minimum Gasteiger partial charge on any atom is -0.484 e. The van der Waals surface area contributed by atoms with E-state index in [4.69, 9.17) is 4.74 Å². The first kappa shape index (κ1) is 17.0. The van der Waals surface area contributed by atoms with Crippen molar-refractivity contribution >= 4 is 17.2 Å². The van der Waals surface area contributed by atoms with E-state index in [-0.39, 0.29) is 12.5 Å². The third-order valence-electron chi connectivity index (χ3n) is 4.26. The zero-order valence-electron chi connectivity index (χ0n) is 13.8. The van der Waals surface area contributed by atoms with Crippen LogP contribution in [0.4, 0.5) is 0 Å². The molecule has 3 rings (SSSR count). The van der Waals surface area contributed by atoms with Crippen LogP contribution in [0.25, 0.3) is 0 Å². The number of piperidine rings is 1. The number of carbonyl (C=O) groups is 1. The van der Waals surface area contributed by atoms with Gasteiger partial charge in [-0.3, -0.25) is 9.69 Å². The van der Waals surface area contributed by atoms with E-state index in [1.807, 2.05) is 41.7 Å². The average Bonchev–Trinajstić information content (AvgIpc) is 3.12. The minimum atomic E-state index is -0.0470. The van der Waals surface area contributed by atoms with E-state index >= 15 is 0 Å². The van der Waals surface area contributed by atoms with Crippen LogP contribution in [-0.4, -0.2) is 37.0 Å². The number of carbonyl (C=O) groups excluding carboxylic acids is 1. The van der Waals surface area contributed by atoms with Crippen molar-refractivity contribution in [2.45, 2.75) is 19.4 Å². The van der Waals surface area contributed by atoms with Gasteiger partial charge < -0.3 is 10.1 Å². The van der Waals surface area contributed by atoms with E-state index < -0.39 is 0 Å². The van der Waals surface area contributed by atoms with Crippen LogP contribution in [0.5, 0.6) is 5.75 Å². The first-order valence-electron chi connectivity index (χ1n) is 8.49. The van der Waals surface area contributed by atoms with Gasteiger partial charge in [-0.25, -0.2) is 0 Å². The van der Waals surface area contributed by atoms with Crippen LogP contribution in [0.15, 0.2) is 47.8 Å². The van der Waals surface area contributed by atoms with Gasteiger partial charge in [0, 0.05) is 24.5 Å². The Morgan fingerprint density at radius 3 is 2.92 bits per heavy atom. The highest BCUT2D eigenvalue weighted by Crippen LogP contribution is 2.20. The number of hydrogen-bond donors (Lipinski definition) is 1. The van der Waals surface area contributed by atoms with E-state index in [9.17, 15) is 4.79 Å². The third-order valence-corrected chi connectivity index (χ3v) is 5.12. The average molecular weight is 344 g/mol. The molecule has 1 aliphatic rings. The van der Waals surface area contributed by atoms with Crippen molar-refractivity contribution in [2.75, 3.05) is 26.2 Å². The largest absolute Gasteiger partial charge is 0.484 e. The quantitative estimate of drug-likeness (QED) is 0.839. The molecule has 1 aliphatic heterocycles. The molecule has 1 aromatic carbocycles. The fraction of sp³-hybridized carbons (Fsp3) is 0.421. The zero-order chi connectivity index (χ0) is 16.6. The molecule has 0 radical (unpaired) electrons. The maximum atomic E-state index is 11.9. The molecule has 2 heterocycles. The van der Waals surface area contributed by atoms with Gasteiger partial charge in [0.1, 0.15) is 5.75 Å². The molecule has 1 amide bonds. The summed E-state index contributed by atoms with van der Waals surface area (Å²) >= 11 is 1.81. The van der Waals surface area contributed by atoms with Crippen LogP contribution in [0, 0.1) is 5.92 Å². The Balaban J connectivity index is 1.37. The van der Waals surface area contributed by atoms with Crippen molar-refractivity contribution in [3.63, 3.8) is 0 Å². The number of ether oxygens (including phenoxy) is 1. The summed E-state index contributed by atoms with van der Waals surface area (Å²) < 4.78 is 5.48. The van der Waals surface area contributed by atoms with Gasteiger partial charge in [-0.2, -0.15) is 0 Å². The number of rotatable bonds is 7. The first-order valence-corrected chi connectivity index (χ1v) is 9.37. The minimum absolute atomic E-state index is 0.0470. The molecule has 1 unspecified atom stereocenters. The number of benzene rings is 1. The zero-order valence-corrected chi connectivity index (χ0v) is 14.6. The summed E-state index contributed by atoms with van der Waals surface area (Å²) in [6.45, 7) is 4.05. The molecule has 0 aliphatic carbocycles. The first-order chi connectivity index (χ1) is 11.8. The van der Waals surface area contributed by atoms with Crippen molar-refractivity contribution in [3.05, 3.63) is 52.7 Å². The molecule has 1 aromatic heterocycles. The van der Waals surface area contributed by atoms with Gasteiger partial charge in [0.05, 0.1) is 0 Å². The number of para-hydroxylation sites is 1. The molecule has 24 heavy (non-hydrogen) atoms. The fourth-order valence-electron chi connectivity index (χ4n) is 3.06. The Labute approximate surface area is 147 Å². The van der Waals surface area contributed by atoms with E-state index in [2.05, 4.69) is 27.7 Å². The number of nitrogens with zero attached hydrogens (tertiary/aromatic N) is 1. The fourth-order valence-corrected chi connectivity index (χ4v) is 3.81. The third kappa shape index (κ3) is 5.35. The molecular formula is C19H24N2O2S. The predicted octanol–water partition coefficient (Wildman–Crippen LogP) is 3.16. The van der Waals surface area contributed by atoms with Gasteiger partial charge in [0.2, 0.25) is 0 Å². The highest BCUT2D eigenvalue weighted by molar-refractivity contribution is 7.09. The van der Waals surface area contributed by atoms with Crippen LogP contribution in [0.1, 0.15) is 17.7 Å². The van der Waals surface area contributed by atoms with Crippen LogP contribution < -0.4 is 10.1 Å². The van der Waals surface area contributed by atoms with Gasteiger partial charge >= 0.3 is 0 Å². The second-order valence-electron chi connectivity index (χ2n) is 6.23. The molecule has 2 aromatic rings. The van der Waals surface area contributed by atoms with Crippen LogP contribution in [-0.2, 0) is 11.3 Å². The molecule has 4 nitrogen and oxygen atoms in total. The topological polar surface area (TPSA) is 41.6 Å². The standard InChI is InChI=1S/C19H24N2O2S/c22-19(15-23-17-7-2-1-3-8-17)20-12-16-6-4-10-21(13-16)14-18-9-5-11-24-18/h1-3,5,7-9,11,16H,4,6,10,12-15H2,(H,20,22). The lowest BCUT2D eigenvalue weighted by atomic mass is 9.98. The Bertz CT molecular complexity index is 616. The number of thiophene rings is 1. The normalized spacial score (nSPS) is 18.2. The molecule has 0 bridgehead atoms. The summed E-state index contributed by atoms with van der Waals surface area (Å²) in [4.78, 5) is 15.9. The molecule has 1 saturated heterocycles. The summed E-state index contributed by atoms with van der Waals surface area (Å²) in [7, 11) is 0. The second kappa shape index (κ2) is 8.85. The number of amides is 1. The van der Waals surface area contributed by atoms with Crippen molar-refractivity contribution in [2.24, 2.45) is 5.92 Å². The molecular weight excluding hydrogens is 320 g/mol. The van der Waals surface area contributed by atoms with Gasteiger partial charge in [-0.05, 0) is 48.9 Å². The lowest BCUT2D eigenvalue weighted by Gasteiger charge is -2.32. The highest BCUT2D eigenvalue weighted by Gasteiger charge is 2.20. The lowest BCUT2D eigenvalue weighted by molar-refractivity contribution is -0.123. The van der Waals surface area contributed by atoms with E-state index in [0.717, 1.165) is 31.9 Å². The number of nitrogens with one attached hydrogen (secondary N) is 1. The molecule has 0 saturated carbocycles. The molecule has 1 atom stereocenters. The molecule has 1 N–H and O–H groups in total. The summed E-state index contributed by atoms with van der Waals surface area (Å²) in [5.41, 5.74) is 0. The van der Waals surface area contributed by atoms with E-state index in [1.165, 1.54) is 17.7 Å². The van der Waals surface area contributed by atoms with Crippen molar-refractivity contribution in [3.8, 4) is 5.75 Å². The monoisotopic (exact) mass is 344 g/mol. The Morgan fingerprint density at radius 2 is 2.12 bits per heavy atom. The SMILES string of the molecule is O=C(COc1ccccc1)NCC1CCCN(Cc2cccs2)C1. The summed E-state index contributed by atoms with van der Waals surface area (Å²) in [6, 6.07) is 13.7. The van der Waals surface area contributed by atoms with Crippen molar-refractivity contribution in [1.82, 2.24) is 10.2 Å². The maximum absolute atomic E-state index is 11.9. The van der Waals surface area contributed by atoms with Gasteiger partial charge in [0.25, 0.3) is 5.91 Å². The van der Waals surface area contributed by atoms with E-state index in [1.54, 1.807) is 0 Å².